The summed E-state index contributed by atoms with van der Waals surface area (Å²) in [4.78, 5) is 22.8. The average Bonchev–Trinajstić information content (AvgIpc) is 3.08. The van der Waals surface area contributed by atoms with Crippen molar-refractivity contribution in [3.8, 4) is 0 Å². The maximum Gasteiger partial charge on any atom is 0.335 e. The number of amides is 1. The van der Waals surface area contributed by atoms with Gasteiger partial charge in [0.05, 0.1) is 5.56 Å². The fraction of sp³-hybridized carbons (Fsp3) is 0.529. The Morgan fingerprint density at radius 2 is 1.90 bits per heavy atom. The third kappa shape index (κ3) is 3.26. The third-order valence-electron chi connectivity index (χ3n) is 4.93. The van der Waals surface area contributed by atoms with Crippen molar-refractivity contribution in [2.75, 3.05) is 0 Å². The van der Waals surface area contributed by atoms with Crippen molar-refractivity contribution >= 4 is 11.9 Å². The van der Waals surface area contributed by atoms with E-state index in [-0.39, 0.29) is 11.5 Å². The van der Waals surface area contributed by atoms with Gasteiger partial charge in [-0.2, -0.15) is 0 Å². The van der Waals surface area contributed by atoms with Crippen LogP contribution in [0, 0.1) is 11.8 Å². The third-order valence-corrected chi connectivity index (χ3v) is 4.93. The first kappa shape index (κ1) is 14.1. The van der Waals surface area contributed by atoms with E-state index in [1.165, 1.54) is 19.3 Å². The SMILES string of the molecule is O=C(CCc1ccc(C(=O)O)cc1)NC1CC2CCC1C2. The summed E-state index contributed by atoms with van der Waals surface area (Å²) in [6.45, 7) is 0. The zero-order valence-corrected chi connectivity index (χ0v) is 12.0. The lowest BCUT2D eigenvalue weighted by molar-refractivity contribution is -0.122. The first-order valence-electron chi connectivity index (χ1n) is 7.73. The predicted octanol–water partition coefficient (Wildman–Crippen LogP) is 2.62. The predicted molar refractivity (Wildman–Crippen MR) is 79.1 cm³/mol. The summed E-state index contributed by atoms with van der Waals surface area (Å²) in [5.41, 5.74) is 1.29. The topological polar surface area (TPSA) is 66.4 Å². The quantitative estimate of drug-likeness (QED) is 0.875. The second kappa shape index (κ2) is 5.88. The Morgan fingerprint density at radius 3 is 2.48 bits per heavy atom. The highest BCUT2D eigenvalue weighted by molar-refractivity contribution is 5.87. The molecule has 0 heterocycles. The molecule has 1 aromatic carbocycles. The van der Waals surface area contributed by atoms with Gasteiger partial charge in [0.25, 0.3) is 0 Å². The Balaban J connectivity index is 1.46. The molecular weight excluding hydrogens is 266 g/mol. The van der Waals surface area contributed by atoms with Crippen LogP contribution in [0.1, 0.15) is 48.0 Å². The van der Waals surface area contributed by atoms with Crippen molar-refractivity contribution in [1.29, 1.82) is 0 Å². The molecule has 0 radical (unpaired) electrons. The van der Waals surface area contributed by atoms with Gasteiger partial charge in [-0.05, 0) is 55.2 Å². The van der Waals surface area contributed by atoms with Gasteiger partial charge in [0.1, 0.15) is 0 Å². The maximum absolute atomic E-state index is 12.0. The van der Waals surface area contributed by atoms with E-state index in [0.29, 0.717) is 24.8 Å². The lowest BCUT2D eigenvalue weighted by Gasteiger charge is -2.22. The van der Waals surface area contributed by atoms with E-state index < -0.39 is 5.97 Å². The number of aryl methyl sites for hydroxylation is 1. The lowest BCUT2D eigenvalue weighted by Crippen LogP contribution is -2.38. The van der Waals surface area contributed by atoms with Crippen LogP contribution in [0.4, 0.5) is 0 Å². The van der Waals surface area contributed by atoms with Crippen LogP contribution in [-0.2, 0) is 11.2 Å². The fourth-order valence-corrected chi connectivity index (χ4v) is 3.77. The second-order valence-electron chi connectivity index (χ2n) is 6.35. The van der Waals surface area contributed by atoms with Crippen LogP contribution in [-0.4, -0.2) is 23.0 Å². The standard InChI is InChI=1S/C17H21NO3/c19-16(18-15-10-12-3-7-14(15)9-12)8-4-11-1-5-13(6-2-11)17(20)21/h1-2,5-6,12,14-15H,3-4,7-10H2,(H,18,19)(H,20,21). The minimum Gasteiger partial charge on any atom is -0.478 e. The number of hydrogen-bond acceptors (Lipinski definition) is 2. The fourth-order valence-electron chi connectivity index (χ4n) is 3.77. The highest BCUT2D eigenvalue weighted by Crippen LogP contribution is 2.44. The van der Waals surface area contributed by atoms with Crippen molar-refractivity contribution in [3.63, 3.8) is 0 Å². The van der Waals surface area contributed by atoms with E-state index in [1.54, 1.807) is 24.3 Å². The van der Waals surface area contributed by atoms with Crippen LogP contribution in [0.3, 0.4) is 0 Å². The van der Waals surface area contributed by atoms with Crippen molar-refractivity contribution in [1.82, 2.24) is 5.32 Å². The summed E-state index contributed by atoms with van der Waals surface area (Å²) >= 11 is 0. The van der Waals surface area contributed by atoms with Crippen molar-refractivity contribution < 1.29 is 14.7 Å². The zero-order valence-electron chi connectivity index (χ0n) is 12.0. The van der Waals surface area contributed by atoms with Gasteiger partial charge in [0, 0.05) is 12.5 Å². The molecule has 2 bridgehead atoms. The molecule has 1 amide bonds. The van der Waals surface area contributed by atoms with Gasteiger partial charge in [-0.15, -0.1) is 0 Å². The number of fused-ring (bicyclic) bond motifs is 2. The van der Waals surface area contributed by atoms with E-state index in [2.05, 4.69) is 5.32 Å². The Kier molecular flexibility index (Phi) is 3.95. The van der Waals surface area contributed by atoms with Crippen molar-refractivity contribution in [2.24, 2.45) is 11.8 Å². The minimum absolute atomic E-state index is 0.120. The molecule has 2 N–H and O–H groups in total. The first-order chi connectivity index (χ1) is 10.1. The molecule has 21 heavy (non-hydrogen) atoms. The maximum atomic E-state index is 12.0. The van der Waals surface area contributed by atoms with Crippen LogP contribution in [0.15, 0.2) is 24.3 Å². The molecule has 4 nitrogen and oxygen atoms in total. The van der Waals surface area contributed by atoms with Gasteiger partial charge in [-0.3, -0.25) is 4.79 Å². The van der Waals surface area contributed by atoms with Gasteiger partial charge in [-0.25, -0.2) is 4.79 Å². The van der Waals surface area contributed by atoms with E-state index in [9.17, 15) is 9.59 Å². The molecule has 2 fully saturated rings. The van der Waals surface area contributed by atoms with Gasteiger partial charge >= 0.3 is 5.97 Å². The number of carboxylic acid groups (broad SMARTS) is 1. The van der Waals surface area contributed by atoms with Crippen LogP contribution in [0.5, 0.6) is 0 Å². The number of rotatable bonds is 5. The summed E-state index contributed by atoms with van der Waals surface area (Å²) in [6.07, 6.45) is 6.19. The zero-order chi connectivity index (χ0) is 14.8. The number of aromatic carboxylic acids is 1. The highest BCUT2D eigenvalue weighted by Gasteiger charge is 2.39. The van der Waals surface area contributed by atoms with E-state index in [0.717, 1.165) is 17.9 Å². The Bertz CT molecular complexity index is 537. The van der Waals surface area contributed by atoms with Gasteiger partial charge in [-0.1, -0.05) is 18.6 Å². The molecule has 3 rings (SSSR count). The molecule has 0 saturated heterocycles. The number of hydrogen-bond donors (Lipinski definition) is 2. The number of benzene rings is 1. The molecule has 2 aliphatic rings. The van der Waals surface area contributed by atoms with Gasteiger partial charge in [0.15, 0.2) is 0 Å². The number of carbonyl (C=O) groups is 2. The number of nitrogens with one attached hydrogen (secondary N) is 1. The molecule has 0 aromatic heterocycles. The number of carboxylic acids is 1. The summed E-state index contributed by atoms with van der Waals surface area (Å²) < 4.78 is 0. The molecule has 1 aromatic rings. The van der Waals surface area contributed by atoms with Crippen LogP contribution in [0.25, 0.3) is 0 Å². The molecule has 3 atom stereocenters. The Hall–Kier alpha value is -1.84. The molecule has 4 heteroatoms. The molecule has 112 valence electrons. The summed E-state index contributed by atoms with van der Waals surface area (Å²) in [7, 11) is 0. The summed E-state index contributed by atoms with van der Waals surface area (Å²) in [6, 6.07) is 7.14. The molecule has 3 unspecified atom stereocenters. The molecule has 0 spiro atoms. The monoisotopic (exact) mass is 287 g/mol. The molecule has 2 aliphatic carbocycles. The van der Waals surface area contributed by atoms with Crippen molar-refractivity contribution in [3.05, 3.63) is 35.4 Å². The largest absolute Gasteiger partial charge is 0.478 e. The normalized spacial score (nSPS) is 26.8. The Morgan fingerprint density at radius 1 is 1.14 bits per heavy atom. The second-order valence-corrected chi connectivity index (χ2v) is 6.35. The van der Waals surface area contributed by atoms with E-state index >= 15 is 0 Å². The highest BCUT2D eigenvalue weighted by atomic mass is 16.4. The molecular formula is C17H21NO3. The molecule has 0 aliphatic heterocycles. The first-order valence-corrected chi connectivity index (χ1v) is 7.73. The minimum atomic E-state index is -0.921. The summed E-state index contributed by atoms with van der Waals surface area (Å²) in [5, 5.41) is 12.0. The van der Waals surface area contributed by atoms with Crippen molar-refractivity contribution in [2.45, 2.75) is 44.6 Å². The Labute approximate surface area is 124 Å². The van der Waals surface area contributed by atoms with E-state index in [4.69, 9.17) is 5.11 Å². The van der Waals surface area contributed by atoms with Gasteiger partial charge < -0.3 is 10.4 Å². The van der Waals surface area contributed by atoms with E-state index in [1.807, 2.05) is 0 Å². The van der Waals surface area contributed by atoms with Crippen LogP contribution >= 0.6 is 0 Å². The average molecular weight is 287 g/mol. The number of carbonyl (C=O) groups excluding carboxylic acids is 1. The molecule has 2 saturated carbocycles. The lowest BCUT2D eigenvalue weighted by atomic mass is 9.95. The van der Waals surface area contributed by atoms with Gasteiger partial charge in [0.2, 0.25) is 5.91 Å². The van der Waals surface area contributed by atoms with Crippen LogP contribution in [0.2, 0.25) is 0 Å². The summed E-state index contributed by atoms with van der Waals surface area (Å²) in [5.74, 6) is 0.739. The van der Waals surface area contributed by atoms with Crippen LogP contribution < -0.4 is 5.32 Å². The smallest absolute Gasteiger partial charge is 0.335 e.